The average molecular weight is 252 g/mol. The molecule has 0 saturated carbocycles. The van der Waals surface area contributed by atoms with Crippen molar-refractivity contribution in [1.82, 2.24) is 0 Å². The Morgan fingerprint density at radius 2 is 1.94 bits per heavy atom. The lowest BCUT2D eigenvalue weighted by molar-refractivity contribution is -0.305. The third-order valence-corrected chi connectivity index (χ3v) is 2.24. The molecule has 0 bridgehead atoms. The van der Waals surface area contributed by atoms with Crippen LogP contribution in [-0.4, -0.2) is 26.1 Å². The maximum atomic E-state index is 11.5. The first-order chi connectivity index (χ1) is 8.56. The second kappa shape index (κ2) is 6.48. The number of nitrogens with one attached hydrogen (secondary N) is 1. The summed E-state index contributed by atoms with van der Waals surface area (Å²) in [6, 6.07) is 4.93. The standard InChI is InChI=1S/C12H15NO5/c1-17-8-3-4-10(18-2)9(7-8)13-11(14)5-6-12(15)16/h3-4,7H,5-6H2,1-2H3,(H,13,14)(H,15,16)/p-1. The van der Waals surface area contributed by atoms with Crippen LogP contribution in [0.1, 0.15) is 12.8 Å². The van der Waals surface area contributed by atoms with Gasteiger partial charge in [-0.15, -0.1) is 0 Å². The van der Waals surface area contributed by atoms with Gasteiger partial charge in [0.25, 0.3) is 0 Å². The molecule has 0 radical (unpaired) electrons. The minimum atomic E-state index is -1.26. The van der Waals surface area contributed by atoms with Crippen molar-refractivity contribution in [3.05, 3.63) is 18.2 Å². The lowest BCUT2D eigenvalue weighted by atomic mass is 10.2. The molecule has 1 rings (SSSR count). The van der Waals surface area contributed by atoms with Crippen molar-refractivity contribution < 1.29 is 24.2 Å². The third-order valence-electron chi connectivity index (χ3n) is 2.24. The van der Waals surface area contributed by atoms with Crippen LogP contribution >= 0.6 is 0 Å². The van der Waals surface area contributed by atoms with Gasteiger partial charge in [0, 0.05) is 18.5 Å². The van der Waals surface area contributed by atoms with Gasteiger partial charge in [0.05, 0.1) is 19.9 Å². The monoisotopic (exact) mass is 252 g/mol. The van der Waals surface area contributed by atoms with Gasteiger partial charge in [-0.25, -0.2) is 0 Å². The van der Waals surface area contributed by atoms with Gasteiger partial charge in [-0.3, -0.25) is 4.79 Å². The van der Waals surface area contributed by atoms with Gasteiger partial charge >= 0.3 is 0 Å². The van der Waals surface area contributed by atoms with Crippen LogP contribution in [-0.2, 0) is 9.59 Å². The SMILES string of the molecule is COc1ccc(OC)c(NC(=O)CCC(=O)[O-])c1. The first kappa shape index (κ1) is 13.8. The molecular formula is C12H14NO5-. The van der Waals surface area contributed by atoms with Crippen molar-refractivity contribution in [2.24, 2.45) is 0 Å². The number of ether oxygens (including phenoxy) is 2. The summed E-state index contributed by atoms with van der Waals surface area (Å²) in [6.07, 6.45) is -0.471. The fourth-order valence-corrected chi connectivity index (χ4v) is 1.34. The molecule has 0 unspecified atom stereocenters. The molecule has 1 N–H and O–H groups in total. The van der Waals surface area contributed by atoms with Gasteiger partial charge < -0.3 is 24.7 Å². The molecular weight excluding hydrogens is 238 g/mol. The van der Waals surface area contributed by atoms with E-state index in [1.165, 1.54) is 14.2 Å². The Morgan fingerprint density at radius 1 is 1.22 bits per heavy atom. The van der Waals surface area contributed by atoms with Crippen LogP contribution in [0.25, 0.3) is 0 Å². The van der Waals surface area contributed by atoms with E-state index < -0.39 is 11.9 Å². The van der Waals surface area contributed by atoms with Crippen molar-refractivity contribution in [1.29, 1.82) is 0 Å². The maximum absolute atomic E-state index is 11.5. The highest BCUT2D eigenvalue weighted by Crippen LogP contribution is 2.28. The minimum absolute atomic E-state index is 0.150. The fourth-order valence-electron chi connectivity index (χ4n) is 1.34. The van der Waals surface area contributed by atoms with Crippen molar-refractivity contribution in [3.8, 4) is 11.5 Å². The zero-order valence-corrected chi connectivity index (χ0v) is 10.2. The van der Waals surface area contributed by atoms with E-state index in [0.29, 0.717) is 17.2 Å². The van der Waals surface area contributed by atoms with Crippen LogP contribution in [0, 0.1) is 0 Å². The van der Waals surface area contributed by atoms with Crippen LogP contribution in [0.3, 0.4) is 0 Å². The molecule has 0 aliphatic rings. The van der Waals surface area contributed by atoms with Gasteiger partial charge in [0.1, 0.15) is 11.5 Å². The number of carbonyl (C=O) groups excluding carboxylic acids is 2. The molecule has 0 fully saturated rings. The number of benzene rings is 1. The summed E-state index contributed by atoms with van der Waals surface area (Å²) in [5, 5.41) is 12.8. The molecule has 1 aromatic carbocycles. The highest BCUT2D eigenvalue weighted by atomic mass is 16.5. The van der Waals surface area contributed by atoms with E-state index in [0.717, 1.165) is 0 Å². The van der Waals surface area contributed by atoms with Crippen molar-refractivity contribution in [2.75, 3.05) is 19.5 Å². The number of carbonyl (C=O) groups is 2. The molecule has 0 atom stereocenters. The Kier molecular flexibility index (Phi) is 4.98. The normalized spacial score (nSPS) is 9.67. The number of aliphatic carboxylic acids is 1. The van der Waals surface area contributed by atoms with Crippen LogP contribution in [0.15, 0.2) is 18.2 Å². The van der Waals surface area contributed by atoms with E-state index in [4.69, 9.17) is 9.47 Å². The first-order valence-electron chi connectivity index (χ1n) is 5.28. The largest absolute Gasteiger partial charge is 0.550 e. The second-order valence-electron chi connectivity index (χ2n) is 3.49. The second-order valence-corrected chi connectivity index (χ2v) is 3.49. The van der Waals surface area contributed by atoms with Crippen LogP contribution < -0.4 is 19.9 Å². The van der Waals surface area contributed by atoms with Gasteiger partial charge in [-0.05, 0) is 18.6 Å². The molecule has 0 heterocycles. The topological polar surface area (TPSA) is 87.7 Å². The molecule has 0 spiro atoms. The van der Waals surface area contributed by atoms with Crippen molar-refractivity contribution in [2.45, 2.75) is 12.8 Å². The van der Waals surface area contributed by atoms with Crippen molar-refractivity contribution in [3.63, 3.8) is 0 Å². The molecule has 18 heavy (non-hydrogen) atoms. The number of methoxy groups -OCH3 is 2. The number of anilines is 1. The zero-order valence-electron chi connectivity index (χ0n) is 10.2. The summed E-state index contributed by atoms with van der Waals surface area (Å²) < 4.78 is 10.1. The predicted molar refractivity (Wildman–Crippen MR) is 62.4 cm³/mol. The van der Waals surface area contributed by atoms with Gasteiger partial charge in [-0.2, -0.15) is 0 Å². The molecule has 1 aromatic rings. The van der Waals surface area contributed by atoms with Gasteiger partial charge in [0.15, 0.2) is 0 Å². The number of carboxylic acids is 1. The Hall–Kier alpha value is -2.24. The Morgan fingerprint density at radius 3 is 2.50 bits per heavy atom. The number of carboxylic acid groups (broad SMARTS) is 1. The predicted octanol–water partition coefficient (Wildman–Crippen LogP) is 0.172. The first-order valence-corrected chi connectivity index (χ1v) is 5.28. The number of hydrogen-bond acceptors (Lipinski definition) is 5. The molecule has 1 amide bonds. The Bertz CT molecular complexity index is 444. The third kappa shape index (κ3) is 3.97. The van der Waals surface area contributed by atoms with Crippen LogP contribution in [0.4, 0.5) is 5.69 Å². The quantitative estimate of drug-likeness (QED) is 0.779. The number of amides is 1. The highest BCUT2D eigenvalue weighted by Gasteiger charge is 2.08. The van der Waals surface area contributed by atoms with E-state index >= 15 is 0 Å². The minimum Gasteiger partial charge on any atom is -0.550 e. The summed E-state index contributed by atoms with van der Waals surface area (Å²) in [4.78, 5) is 21.7. The zero-order chi connectivity index (χ0) is 13.5. The molecule has 0 aliphatic carbocycles. The summed E-state index contributed by atoms with van der Waals surface area (Å²) in [6.45, 7) is 0. The van der Waals surface area contributed by atoms with Gasteiger partial charge in [0.2, 0.25) is 5.91 Å². The molecule has 0 aliphatic heterocycles. The lowest BCUT2D eigenvalue weighted by Gasteiger charge is -2.11. The average Bonchev–Trinajstić information content (AvgIpc) is 2.36. The lowest BCUT2D eigenvalue weighted by Crippen LogP contribution is -2.24. The number of hydrogen-bond donors (Lipinski definition) is 1. The van der Waals surface area contributed by atoms with E-state index in [-0.39, 0.29) is 12.8 Å². The molecule has 0 saturated heterocycles. The van der Waals surface area contributed by atoms with E-state index in [9.17, 15) is 14.7 Å². The van der Waals surface area contributed by atoms with Crippen molar-refractivity contribution >= 4 is 17.6 Å². The molecule has 0 aromatic heterocycles. The summed E-state index contributed by atoms with van der Waals surface area (Å²) in [5.41, 5.74) is 0.431. The van der Waals surface area contributed by atoms with E-state index in [2.05, 4.69) is 5.32 Å². The van der Waals surface area contributed by atoms with Crippen LogP contribution in [0.5, 0.6) is 11.5 Å². The van der Waals surface area contributed by atoms with E-state index in [1.807, 2.05) is 0 Å². The molecule has 6 nitrogen and oxygen atoms in total. The Labute approximate surface area is 105 Å². The summed E-state index contributed by atoms with van der Waals surface area (Å²) >= 11 is 0. The van der Waals surface area contributed by atoms with E-state index in [1.54, 1.807) is 18.2 Å². The maximum Gasteiger partial charge on any atom is 0.224 e. The summed E-state index contributed by atoms with van der Waals surface area (Å²) in [7, 11) is 2.97. The summed E-state index contributed by atoms with van der Waals surface area (Å²) in [5.74, 6) is -0.655. The van der Waals surface area contributed by atoms with Crippen LogP contribution in [0.2, 0.25) is 0 Å². The highest BCUT2D eigenvalue weighted by molar-refractivity contribution is 5.93. The fraction of sp³-hybridized carbons (Fsp3) is 0.333. The van der Waals surface area contributed by atoms with Gasteiger partial charge in [-0.1, -0.05) is 0 Å². The molecule has 6 heteroatoms. The smallest absolute Gasteiger partial charge is 0.224 e. The molecule has 98 valence electrons. The Balaban J connectivity index is 2.75. The number of rotatable bonds is 6.